The number of nitrogens with two attached hydrogens (primary N) is 1. The maximum Gasteiger partial charge on any atom is 0.126 e. The molecule has 1 aromatic carbocycles. The van der Waals surface area contributed by atoms with E-state index in [4.69, 9.17) is 10.5 Å². The lowest BCUT2D eigenvalue weighted by atomic mass is 10.0. The predicted molar refractivity (Wildman–Crippen MR) is 73.0 cm³/mol. The maximum atomic E-state index is 13.6. The molecule has 2 atom stereocenters. The van der Waals surface area contributed by atoms with Crippen molar-refractivity contribution < 1.29 is 9.13 Å². The Bertz CT molecular complexity index is 416. The summed E-state index contributed by atoms with van der Waals surface area (Å²) in [5.74, 6) is -0.210. The van der Waals surface area contributed by atoms with Crippen LogP contribution in [0.2, 0.25) is 0 Å². The lowest BCUT2D eigenvalue weighted by Crippen LogP contribution is -2.50. The molecule has 0 saturated carbocycles. The first-order chi connectivity index (χ1) is 8.56. The fourth-order valence-corrected chi connectivity index (χ4v) is 2.56. The van der Waals surface area contributed by atoms with Gasteiger partial charge in [-0.15, -0.1) is 0 Å². The minimum absolute atomic E-state index is 0.0258. The number of benzene rings is 1. The Hall–Kier alpha value is -0.490. The Morgan fingerprint density at radius 1 is 1.61 bits per heavy atom. The van der Waals surface area contributed by atoms with Crippen molar-refractivity contribution in [2.75, 3.05) is 26.7 Å². The topological polar surface area (TPSA) is 38.5 Å². The zero-order valence-electron chi connectivity index (χ0n) is 10.4. The van der Waals surface area contributed by atoms with E-state index in [0.29, 0.717) is 18.6 Å². The van der Waals surface area contributed by atoms with E-state index in [9.17, 15) is 4.39 Å². The van der Waals surface area contributed by atoms with E-state index in [2.05, 4.69) is 20.8 Å². The van der Waals surface area contributed by atoms with Crippen LogP contribution >= 0.6 is 15.9 Å². The molecule has 2 rings (SSSR count). The minimum atomic E-state index is -0.210. The highest BCUT2D eigenvalue weighted by Gasteiger charge is 2.24. The minimum Gasteiger partial charge on any atom is -0.374 e. The van der Waals surface area contributed by atoms with E-state index in [1.54, 1.807) is 12.1 Å². The van der Waals surface area contributed by atoms with Gasteiger partial charge in [0.2, 0.25) is 0 Å². The maximum absolute atomic E-state index is 13.6. The highest BCUT2D eigenvalue weighted by atomic mass is 79.9. The van der Waals surface area contributed by atoms with Crippen LogP contribution in [-0.4, -0.2) is 43.8 Å². The largest absolute Gasteiger partial charge is 0.374 e. The van der Waals surface area contributed by atoms with Crippen LogP contribution in [0.5, 0.6) is 0 Å². The average Bonchev–Trinajstić information content (AvgIpc) is 2.34. The number of rotatable bonds is 3. The van der Waals surface area contributed by atoms with Crippen LogP contribution in [0.25, 0.3) is 0 Å². The van der Waals surface area contributed by atoms with Crippen LogP contribution in [0, 0.1) is 5.82 Å². The predicted octanol–water partition coefficient (Wildman–Crippen LogP) is 1.79. The molecule has 1 aliphatic heterocycles. The zero-order valence-corrected chi connectivity index (χ0v) is 12.0. The first-order valence-corrected chi connectivity index (χ1v) is 6.85. The summed E-state index contributed by atoms with van der Waals surface area (Å²) in [6.45, 7) is 2.42. The van der Waals surface area contributed by atoms with Gasteiger partial charge in [-0.3, -0.25) is 0 Å². The van der Waals surface area contributed by atoms with Gasteiger partial charge >= 0.3 is 0 Å². The Labute approximate surface area is 115 Å². The summed E-state index contributed by atoms with van der Waals surface area (Å²) in [7, 11) is 2.04. The van der Waals surface area contributed by atoms with Crippen molar-refractivity contribution >= 4 is 15.9 Å². The third-order valence-electron chi connectivity index (χ3n) is 3.24. The SMILES string of the molecule is CN1CCOC(C(N)Cc2cc(Br)ccc2F)C1. The Morgan fingerprint density at radius 3 is 3.11 bits per heavy atom. The van der Waals surface area contributed by atoms with Crippen molar-refractivity contribution in [2.45, 2.75) is 18.6 Å². The molecular formula is C13H18BrFN2O. The van der Waals surface area contributed by atoms with E-state index in [1.165, 1.54) is 6.07 Å². The Morgan fingerprint density at radius 2 is 2.39 bits per heavy atom. The molecule has 1 saturated heterocycles. The molecule has 0 spiro atoms. The smallest absolute Gasteiger partial charge is 0.126 e. The highest BCUT2D eigenvalue weighted by molar-refractivity contribution is 9.10. The van der Waals surface area contributed by atoms with Crippen molar-refractivity contribution in [3.63, 3.8) is 0 Å². The molecule has 1 fully saturated rings. The fourth-order valence-electron chi connectivity index (χ4n) is 2.16. The molecule has 1 heterocycles. The molecular weight excluding hydrogens is 299 g/mol. The van der Waals surface area contributed by atoms with E-state index in [1.807, 2.05) is 7.05 Å². The van der Waals surface area contributed by atoms with E-state index < -0.39 is 0 Å². The van der Waals surface area contributed by atoms with Crippen molar-refractivity contribution in [3.8, 4) is 0 Å². The standard InChI is InChI=1S/C13H18BrFN2O/c1-17-4-5-18-13(8-17)12(16)7-9-6-10(14)2-3-11(9)15/h2-3,6,12-13H,4-5,7-8,16H2,1H3. The Balaban J connectivity index is 2.01. The molecule has 5 heteroatoms. The molecule has 1 aliphatic rings. The van der Waals surface area contributed by atoms with Crippen molar-refractivity contribution in [2.24, 2.45) is 5.73 Å². The molecule has 0 radical (unpaired) electrons. The molecule has 0 aliphatic carbocycles. The fraction of sp³-hybridized carbons (Fsp3) is 0.538. The molecule has 0 bridgehead atoms. The number of morpholine rings is 1. The third-order valence-corrected chi connectivity index (χ3v) is 3.73. The van der Waals surface area contributed by atoms with Crippen LogP contribution in [0.15, 0.2) is 22.7 Å². The Kier molecular flexibility index (Phi) is 4.72. The van der Waals surface area contributed by atoms with Gasteiger partial charge in [-0.1, -0.05) is 15.9 Å². The summed E-state index contributed by atoms with van der Waals surface area (Å²) >= 11 is 3.34. The van der Waals surface area contributed by atoms with Gasteiger partial charge in [0.05, 0.1) is 12.7 Å². The second kappa shape index (κ2) is 6.10. The van der Waals surface area contributed by atoms with Crippen molar-refractivity contribution in [1.82, 2.24) is 4.90 Å². The number of likely N-dealkylation sites (N-methyl/N-ethyl adjacent to an activating group) is 1. The summed E-state index contributed by atoms with van der Waals surface area (Å²) in [5, 5.41) is 0. The van der Waals surface area contributed by atoms with Crippen LogP contribution in [0.3, 0.4) is 0 Å². The normalized spacial score (nSPS) is 23.0. The van der Waals surface area contributed by atoms with E-state index in [0.717, 1.165) is 17.6 Å². The van der Waals surface area contributed by atoms with Gasteiger partial charge in [-0.25, -0.2) is 4.39 Å². The highest BCUT2D eigenvalue weighted by Crippen LogP contribution is 2.18. The van der Waals surface area contributed by atoms with Gasteiger partial charge in [0.15, 0.2) is 0 Å². The molecule has 0 aromatic heterocycles. The van der Waals surface area contributed by atoms with E-state index >= 15 is 0 Å². The van der Waals surface area contributed by atoms with Gasteiger partial charge in [0.25, 0.3) is 0 Å². The van der Waals surface area contributed by atoms with Crippen molar-refractivity contribution in [3.05, 3.63) is 34.1 Å². The number of ether oxygens (including phenoxy) is 1. The summed E-state index contributed by atoms with van der Waals surface area (Å²) < 4.78 is 20.2. The molecule has 1 aromatic rings. The van der Waals surface area contributed by atoms with Crippen LogP contribution in [0.4, 0.5) is 4.39 Å². The summed E-state index contributed by atoms with van der Waals surface area (Å²) in [5.41, 5.74) is 6.76. The van der Waals surface area contributed by atoms with Gasteiger partial charge in [-0.05, 0) is 37.2 Å². The molecule has 2 unspecified atom stereocenters. The van der Waals surface area contributed by atoms with Gasteiger partial charge in [0.1, 0.15) is 5.82 Å². The van der Waals surface area contributed by atoms with E-state index in [-0.39, 0.29) is 18.0 Å². The summed E-state index contributed by atoms with van der Waals surface area (Å²) in [6.07, 6.45) is 0.464. The van der Waals surface area contributed by atoms with Crippen LogP contribution in [-0.2, 0) is 11.2 Å². The average molecular weight is 317 g/mol. The van der Waals surface area contributed by atoms with Gasteiger partial charge in [0, 0.05) is 23.6 Å². The van der Waals surface area contributed by atoms with Crippen molar-refractivity contribution in [1.29, 1.82) is 0 Å². The second-order valence-corrected chi connectivity index (χ2v) is 5.69. The molecule has 0 amide bonds. The van der Waals surface area contributed by atoms with Crippen LogP contribution < -0.4 is 5.73 Å². The number of hydrogen-bond acceptors (Lipinski definition) is 3. The molecule has 100 valence electrons. The zero-order chi connectivity index (χ0) is 13.1. The molecule has 18 heavy (non-hydrogen) atoms. The van der Waals surface area contributed by atoms with Gasteiger partial charge in [-0.2, -0.15) is 0 Å². The summed E-state index contributed by atoms with van der Waals surface area (Å²) in [6, 6.07) is 4.74. The van der Waals surface area contributed by atoms with Crippen LogP contribution in [0.1, 0.15) is 5.56 Å². The summed E-state index contributed by atoms with van der Waals surface area (Å²) in [4.78, 5) is 2.19. The first-order valence-electron chi connectivity index (χ1n) is 6.06. The molecule has 2 N–H and O–H groups in total. The number of halogens is 2. The quantitative estimate of drug-likeness (QED) is 0.924. The number of hydrogen-bond donors (Lipinski definition) is 1. The first kappa shape index (κ1) is 13.9. The number of nitrogens with zero attached hydrogens (tertiary/aromatic N) is 1. The molecule has 3 nitrogen and oxygen atoms in total. The lowest BCUT2D eigenvalue weighted by molar-refractivity contribution is -0.0320. The second-order valence-electron chi connectivity index (χ2n) is 4.78. The monoisotopic (exact) mass is 316 g/mol. The lowest BCUT2D eigenvalue weighted by Gasteiger charge is -2.33. The third kappa shape index (κ3) is 3.51. The van der Waals surface area contributed by atoms with Gasteiger partial charge < -0.3 is 15.4 Å².